The van der Waals surface area contributed by atoms with Gasteiger partial charge in [-0.2, -0.15) is 0 Å². The molecule has 0 radical (unpaired) electrons. The van der Waals surface area contributed by atoms with Crippen LogP contribution < -0.4 is 11.1 Å². The molecule has 0 saturated carbocycles. The summed E-state index contributed by atoms with van der Waals surface area (Å²) >= 11 is 1.69. The highest BCUT2D eigenvalue weighted by Crippen LogP contribution is 2.33. The lowest BCUT2D eigenvalue weighted by Gasteiger charge is -2.17. The summed E-state index contributed by atoms with van der Waals surface area (Å²) in [4.78, 5) is 9.51. The molecule has 5 rings (SSSR count). The summed E-state index contributed by atoms with van der Waals surface area (Å²) in [5.74, 6) is 1.57. The van der Waals surface area contributed by atoms with E-state index in [1.54, 1.807) is 11.3 Å². The highest BCUT2D eigenvalue weighted by molar-refractivity contribution is 7.18. The molecule has 7 heteroatoms. The summed E-state index contributed by atoms with van der Waals surface area (Å²) in [6.07, 6.45) is 3.93. The molecule has 0 spiro atoms. The minimum absolute atomic E-state index is 0.0257. The van der Waals surface area contributed by atoms with Crippen molar-refractivity contribution < 1.29 is 5.11 Å². The number of hydrogen-bond acceptors (Lipinski definition) is 6. The lowest BCUT2D eigenvalue weighted by molar-refractivity contribution is 0.241. The van der Waals surface area contributed by atoms with E-state index >= 15 is 0 Å². The quantitative estimate of drug-likeness (QED) is 0.229. The molecule has 2 aromatic carbocycles. The van der Waals surface area contributed by atoms with Crippen LogP contribution in [0.5, 0.6) is 0 Å². The number of unbranched alkanes of at least 4 members (excludes halogenated alkanes) is 1. The van der Waals surface area contributed by atoms with Crippen LogP contribution in [0.15, 0.2) is 66.0 Å². The minimum Gasteiger partial charge on any atom is -0.395 e. The van der Waals surface area contributed by atoms with Crippen molar-refractivity contribution in [2.24, 2.45) is 0 Å². The summed E-state index contributed by atoms with van der Waals surface area (Å²) in [6.45, 7) is 3.77. The number of hydrogen-bond donors (Lipinski definition) is 3. The van der Waals surface area contributed by atoms with E-state index in [1.807, 2.05) is 24.3 Å². The number of aryl methyl sites for hydroxylation is 1. The molecular weight excluding hydrogens is 466 g/mol. The van der Waals surface area contributed by atoms with Gasteiger partial charge in [-0.15, -0.1) is 11.3 Å². The van der Waals surface area contributed by atoms with Crippen molar-refractivity contribution in [2.45, 2.75) is 51.7 Å². The number of pyridine rings is 1. The molecule has 0 aliphatic rings. The van der Waals surface area contributed by atoms with Crippen molar-refractivity contribution >= 4 is 38.4 Å². The number of nitrogens with zero attached hydrogens (tertiary/aromatic N) is 3. The van der Waals surface area contributed by atoms with Gasteiger partial charge in [0.15, 0.2) is 5.82 Å². The number of benzene rings is 2. The third-order valence-corrected chi connectivity index (χ3v) is 7.56. The number of fused-ring (bicyclic) bond motifs is 3. The average Bonchev–Trinajstić information content (AvgIpc) is 3.51. The molecule has 1 unspecified atom stereocenters. The van der Waals surface area contributed by atoms with Crippen LogP contribution in [0.4, 0.5) is 5.82 Å². The molecule has 0 saturated heterocycles. The summed E-state index contributed by atoms with van der Waals surface area (Å²) < 4.78 is 3.47. The van der Waals surface area contributed by atoms with Gasteiger partial charge in [0, 0.05) is 25.6 Å². The monoisotopic (exact) mass is 499 g/mol. The third-order valence-electron chi connectivity index (χ3n) is 6.65. The zero-order valence-electron chi connectivity index (χ0n) is 20.7. The van der Waals surface area contributed by atoms with Crippen molar-refractivity contribution in [3.05, 3.63) is 88.6 Å². The van der Waals surface area contributed by atoms with E-state index in [9.17, 15) is 5.11 Å². The number of aliphatic hydroxyl groups excluding tert-OH is 1. The zero-order valence-corrected chi connectivity index (χ0v) is 21.5. The Kier molecular flexibility index (Phi) is 7.60. The Labute approximate surface area is 215 Å². The average molecular weight is 500 g/mol. The predicted molar refractivity (Wildman–Crippen MR) is 149 cm³/mol. The maximum Gasteiger partial charge on any atom is 0.152 e. The lowest BCUT2D eigenvalue weighted by atomic mass is 10.1. The number of nitrogens with one attached hydrogen (secondary N) is 1. The molecule has 0 aliphatic carbocycles. The van der Waals surface area contributed by atoms with Crippen molar-refractivity contribution in [3.63, 3.8) is 0 Å². The largest absolute Gasteiger partial charge is 0.395 e. The fourth-order valence-electron chi connectivity index (χ4n) is 4.66. The van der Waals surface area contributed by atoms with Gasteiger partial charge in [0.1, 0.15) is 11.3 Å². The van der Waals surface area contributed by atoms with Gasteiger partial charge in [-0.05, 0) is 41.0 Å². The Morgan fingerprint density at radius 1 is 1.00 bits per heavy atom. The highest BCUT2D eigenvalue weighted by atomic mass is 32.1. The maximum atomic E-state index is 9.82. The number of nitrogen functional groups attached to an aromatic ring is 1. The molecule has 3 aromatic heterocycles. The first kappa shape index (κ1) is 24.4. The van der Waals surface area contributed by atoms with Crippen molar-refractivity contribution in [3.8, 4) is 0 Å². The summed E-state index contributed by atoms with van der Waals surface area (Å²) in [7, 11) is 0. The van der Waals surface area contributed by atoms with Crippen LogP contribution in [0.1, 0.15) is 42.3 Å². The van der Waals surface area contributed by atoms with E-state index in [1.165, 1.54) is 16.7 Å². The van der Waals surface area contributed by atoms with Crippen LogP contribution in [0.3, 0.4) is 0 Å². The fourth-order valence-corrected chi connectivity index (χ4v) is 5.55. The summed E-state index contributed by atoms with van der Waals surface area (Å²) in [6, 6.07) is 21.0. The Balaban J connectivity index is 1.34. The van der Waals surface area contributed by atoms with Crippen LogP contribution in [0, 0.1) is 0 Å². The van der Waals surface area contributed by atoms with Gasteiger partial charge in [-0.1, -0.05) is 67.9 Å². The standard InChI is InChI=1S/C29H33N5OS/c1-2-3-9-25-33-26-27(28-24(14-15-36-28)32-29(26)30)34(25)18-22-12-10-21(11-13-22)17-31-23(19-35)16-20-7-5-4-6-8-20/h4-8,10-15,23,31,35H,2-3,9,16-19H2,1H3,(H2,30,32). The summed E-state index contributed by atoms with van der Waals surface area (Å²) in [5.41, 5.74) is 12.8. The van der Waals surface area contributed by atoms with E-state index < -0.39 is 0 Å². The van der Waals surface area contributed by atoms with Crippen LogP contribution in [-0.2, 0) is 25.9 Å². The van der Waals surface area contributed by atoms with Crippen LogP contribution in [0.25, 0.3) is 21.3 Å². The normalized spacial score (nSPS) is 12.5. The highest BCUT2D eigenvalue weighted by Gasteiger charge is 2.18. The first-order chi connectivity index (χ1) is 17.7. The number of imidazole rings is 1. The second kappa shape index (κ2) is 11.2. The third kappa shape index (κ3) is 5.28. The molecule has 0 aliphatic heterocycles. The number of nitrogens with two attached hydrogens (primary N) is 1. The zero-order chi connectivity index (χ0) is 24.9. The molecule has 0 amide bonds. The number of thiophene rings is 1. The SMILES string of the molecule is CCCCc1nc2c(N)nc3ccsc3c2n1Cc1ccc(CNC(CO)Cc2ccccc2)cc1. The number of rotatable bonds is 11. The maximum absolute atomic E-state index is 9.82. The molecule has 5 aromatic rings. The van der Waals surface area contributed by atoms with Gasteiger partial charge >= 0.3 is 0 Å². The molecule has 3 heterocycles. The Hall–Kier alpha value is -3.26. The summed E-state index contributed by atoms with van der Waals surface area (Å²) in [5, 5.41) is 15.4. The lowest BCUT2D eigenvalue weighted by Crippen LogP contribution is -2.34. The molecule has 0 bridgehead atoms. The minimum atomic E-state index is 0.0257. The fraction of sp³-hybridized carbons (Fsp3) is 0.310. The Morgan fingerprint density at radius 3 is 2.53 bits per heavy atom. The van der Waals surface area contributed by atoms with Gasteiger partial charge in [0.2, 0.25) is 0 Å². The molecule has 0 fully saturated rings. The number of anilines is 1. The van der Waals surface area contributed by atoms with Crippen LogP contribution in [-0.4, -0.2) is 32.3 Å². The van der Waals surface area contributed by atoms with Crippen LogP contribution in [0.2, 0.25) is 0 Å². The van der Waals surface area contributed by atoms with Crippen LogP contribution >= 0.6 is 11.3 Å². The number of aromatic nitrogens is 3. The topological polar surface area (TPSA) is 89.0 Å². The van der Waals surface area contributed by atoms with Crippen molar-refractivity contribution in [2.75, 3.05) is 12.3 Å². The van der Waals surface area contributed by atoms with E-state index in [2.05, 4.69) is 63.6 Å². The second-order valence-corrected chi connectivity index (χ2v) is 10.2. The van der Waals surface area contributed by atoms with Gasteiger partial charge < -0.3 is 20.7 Å². The van der Waals surface area contributed by atoms with E-state index in [-0.39, 0.29) is 12.6 Å². The van der Waals surface area contributed by atoms with E-state index in [0.29, 0.717) is 12.4 Å². The molecule has 1 atom stereocenters. The first-order valence-electron chi connectivity index (χ1n) is 12.6. The Morgan fingerprint density at radius 2 is 1.78 bits per heavy atom. The number of aliphatic hydroxyl groups is 1. The van der Waals surface area contributed by atoms with Gasteiger partial charge in [-0.3, -0.25) is 0 Å². The van der Waals surface area contributed by atoms with Gasteiger partial charge in [0.25, 0.3) is 0 Å². The van der Waals surface area contributed by atoms with Crippen molar-refractivity contribution in [1.82, 2.24) is 19.9 Å². The van der Waals surface area contributed by atoms with E-state index in [4.69, 9.17) is 10.7 Å². The van der Waals surface area contributed by atoms with Crippen molar-refractivity contribution in [1.29, 1.82) is 0 Å². The van der Waals surface area contributed by atoms with E-state index in [0.717, 1.165) is 59.3 Å². The smallest absolute Gasteiger partial charge is 0.152 e. The Bertz CT molecular complexity index is 1430. The molecule has 186 valence electrons. The molecular formula is C29H33N5OS. The molecule has 36 heavy (non-hydrogen) atoms. The van der Waals surface area contributed by atoms with Gasteiger partial charge in [-0.25, -0.2) is 9.97 Å². The predicted octanol–water partition coefficient (Wildman–Crippen LogP) is 5.31. The second-order valence-electron chi connectivity index (χ2n) is 9.31. The first-order valence-corrected chi connectivity index (χ1v) is 13.5. The molecule has 4 N–H and O–H groups in total. The van der Waals surface area contributed by atoms with Gasteiger partial charge in [0.05, 0.1) is 22.3 Å². The molecule has 6 nitrogen and oxygen atoms in total.